The van der Waals surface area contributed by atoms with Gasteiger partial charge in [-0.1, -0.05) is 12.8 Å². The zero-order valence-corrected chi connectivity index (χ0v) is 12.7. The predicted octanol–water partition coefficient (Wildman–Crippen LogP) is 2.94. The third kappa shape index (κ3) is 3.18. The van der Waals surface area contributed by atoms with Crippen molar-refractivity contribution >= 4 is 5.69 Å². The summed E-state index contributed by atoms with van der Waals surface area (Å²) in [4.78, 5) is 0. The Morgan fingerprint density at radius 3 is 2.45 bits per heavy atom. The smallest absolute Gasteiger partial charge is 0.162 e. The van der Waals surface area contributed by atoms with Gasteiger partial charge < -0.3 is 20.5 Å². The molecule has 2 atom stereocenters. The lowest BCUT2D eigenvalue weighted by molar-refractivity contribution is 0.332. The van der Waals surface area contributed by atoms with Crippen LogP contribution < -0.4 is 20.5 Å². The molecule has 20 heavy (non-hydrogen) atoms. The Kier molecular flexibility index (Phi) is 5.12. The van der Waals surface area contributed by atoms with Crippen molar-refractivity contribution in [2.75, 3.05) is 26.1 Å². The van der Waals surface area contributed by atoms with Crippen LogP contribution in [0.15, 0.2) is 12.1 Å². The van der Waals surface area contributed by atoms with Gasteiger partial charge in [0.15, 0.2) is 11.5 Å². The molecule has 0 spiro atoms. The summed E-state index contributed by atoms with van der Waals surface area (Å²) in [5.74, 6) is 2.10. The van der Waals surface area contributed by atoms with E-state index < -0.39 is 0 Å². The van der Waals surface area contributed by atoms with E-state index in [1.54, 1.807) is 14.2 Å². The fourth-order valence-electron chi connectivity index (χ4n) is 3.02. The number of hydrogen-bond acceptors (Lipinski definition) is 4. The van der Waals surface area contributed by atoms with Crippen molar-refractivity contribution in [2.24, 2.45) is 11.7 Å². The van der Waals surface area contributed by atoms with E-state index in [4.69, 9.17) is 15.2 Å². The molecule has 0 amide bonds. The molecular formula is C16H26N2O2. The summed E-state index contributed by atoms with van der Waals surface area (Å²) in [7, 11) is 3.33. The summed E-state index contributed by atoms with van der Waals surface area (Å²) in [6.07, 6.45) is 4.99. The first-order valence-corrected chi connectivity index (χ1v) is 7.38. The highest BCUT2D eigenvalue weighted by molar-refractivity contribution is 5.60. The molecule has 2 rings (SSSR count). The molecule has 0 aliphatic heterocycles. The van der Waals surface area contributed by atoms with Gasteiger partial charge in [0.05, 0.1) is 14.2 Å². The fraction of sp³-hybridized carbons (Fsp3) is 0.625. The van der Waals surface area contributed by atoms with Crippen molar-refractivity contribution in [1.82, 2.24) is 0 Å². The lowest BCUT2D eigenvalue weighted by Gasteiger charge is -2.32. The number of rotatable bonds is 5. The van der Waals surface area contributed by atoms with E-state index in [0.717, 1.165) is 23.7 Å². The van der Waals surface area contributed by atoms with Crippen LogP contribution >= 0.6 is 0 Å². The van der Waals surface area contributed by atoms with Gasteiger partial charge in [0, 0.05) is 17.8 Å². The van der Waals surface area contributed by atoms with Crippen molar-refractivity contribution < 1.29 is 9.47 Å². The number of nitrogens with one attached hydrogen (secondary N) is 1. The van der Waals surface area contributed by atoms with E-state index in [1.807, 2.05) is 12.1 Å². The second-order valence-corrected chi connectivity index (χ2v) is 5.55. The quantitative estimate of drug-likeness (QED) is 0.869. The summed E-state index contributed by atoms with van der Waals surface area (Å²) < 4.78 is 10.7. The summed E-state index contributed by atoms with van der Waals surface area (Å²) in [6, 6.07) is 4.50. The van der Waals surface area contributed by atoms with E-state index >= 15 is 0 Å². The number of benzene rings is 1. The monoisotopic (exact) mass is 278 g/mol. The van der Waals surface area contributed by atoms with Gasteiger partial charge in [0.2, 0.25) is 0 Å². The van der Waals surface area contributed by atoms with Crippen molar-refractivity contribution in [3.63, 3.8) is 0 Å². The van der Waals surface area contributed by atoms with Crippen LogP contribution in [0.4, 0.5) is 5.69 Å². The molecule has 0 aromatic heterocycles. The maximum absolute atomic E-state index is 5.90. The van der Waals surface area contributed by atoms with Crippen LogP contribution in [0.2, 0.25) is 0 Å². The first kappa shape index (κ1) is 15.0. The zero-order chi connectivity index (χ0) is 14.5. The van der Waals surface area contributed by atoms with Gasteiger partial charge in [-0.25, -0.2) is 0 Å². The van der Waals surface area contributed by atoms with Crippen LogP contribution in [0.3, 0.4) is 0 Å². The number of anilines is 1. The maximum atomic E-state index is 5.90. The molecule has 1 aromatic rings. The first-order chi connectivity index (χ1) is 9.69. The van der Waals surface area contributed by atoms with Crippen molar-refractivity contribution in [3.8, 4) is 11.5 Å². The van der Waals surface area contributed by atoms with Gasteiger partial charge in [0.1, 0.15) is 0 Å². The Hall–Kier alpha value is -1.42. The Morgan fingerprint density at radius 2 is 1.80 bits per heavy atom. The summed E-state index contributed by atoms with van der Waals surface area (Å²) in [5, 5.41) is 3.66. The van der Waals surface area contributed by atoms with Crippen LogP contribution in [-0.4, -0.2) is 26.8 Å². The Labute approximate surface area is 121 Å². The van der Waals surface area contributed by atoms with Crippen molar-refractivity contribution in [2.45, 2.75) is 38.6 Å². The molecule has 0 radical (unpaired) electrons. The summed E-state index contributed by atoms with van der Waals surface area (Å²) >= 11 is 0. The fourth-order valence-corrected chi connectivity index (χ4v) is 3.02. The highest BCUT2D eigenvalue weighted by Gasteiger charge is 2.24. The molecule has 1 aliphatic carbocycles. The van der Waals surface area contributed by atoms with Crippen LogP contribution in [0.25, 0.3) is 0 Å². The number of methoxy groups -OCH3 is 2. The van der Waals surface area contributed by atoms with Gasteiger partial charge in [-0.15, -0.1) is 0 Å². The van der Waals surface area contributed by atoms with E-state index in [1.165, 1.54) is 31.2 Å². The third-order valence-electron chi connectivity index (χ3n) is 4.28. The van der Waals surface area contributed by atoms with Gasteiger partial charge in [-0.05, 0) is 43.9 Å². The Bertz CT molecular complexity index is 448. The topological polar surface area (TPSA) is 56.5 Å². The minimum atomic E-state index is 0.463. The molecule has 112 valence electrons. The van der Waals surface area contributed by atoms with Gasteiger partial charge in [-0.2, -0.15) is 0 Å². The zero-order valence-electron chi connectivity index (χ0n) is 12.7. The lowest BCUT2D eigenvalue weighted by Crippen LogP contribution is -2.36. The van der Waals surface area contributed by atoms with Gasteiger partial charge in [-0.3, -0.25) is 0 Å². The molecule has 4 nitrogen and oxygen atoms in total. The molecule has 1 aromatic carbocycles. The highest BCUT2D eigenvalue weighted by atomic mass is 16.5. The van der Waals surface area contributed by atoms with Crippen LogP contribution in [0.5, 0.6) is 11.5 Å². The van der Waals surface area contributed by atoms with Gasteiger partial charge in [0.25, 0.3) is 0 Å². The molecule has 1 fully saturated rings. The number of ether oxygens (including phenoxy) is 2. The maximum Gasteiger partial charge on any atom is 0.162 e. The molecule has 0 bridgehead atoms. The largest absolute Gasteiger partial charge is 0.493 e. The van der Waals surface area contributed by atoms with Crippen LogP contribution in [-0.2, 0) is 0 Å². The second-order valence-electron chi connectivity index (χ2n) is 5.55. The van der Waals surface area contributed by atoms with Gasteiger partial charge >= 0.3 is 0 Å². The lowest BCUT2D eigenvalue weighted by atomic mass is 9.84. The number of nitrogens with two attached hydrogens (primary N) is 1. The minimum Gasteiger partial charge on any atom is -0.493 e. The number of aryl methyl sites for hydroxylation is 1. The Morgan fingerprint density at radius 1 is 1.15 bits per heavy atom. The molecule has 0 heterocycles. The SMILES string of the molecule is COc1cc(C)c(NC2CCCCC2CN)cc1OC. The van der Waals surface area contributed by atoms with E-state index in [9.17, 15) is 0 Å². The molecule has 3 N–H and O–H groups in total. The summed E-state index contributed by atoms with van der Waals surface area (Å²) in [6.45, 7) is 2.84. The van der Waals surface area contributed by atoms with E-state index in [-0.39, 0.29) is 0 Å². The van der Waals surface area contributed by atoms with Crippen LogP contribution in [0.1, 0.15) is 31.2 Å². The highest BCUT2D eigenvalue weighted by Crippen LogP contribution is 2.35. The normalized spacial score (nSPS) is 22.4. The number of hydrogen-bond donors (Lipinski definition) is 2. The molecule has 1 saturated carbocycles. The molecule has 1 aliphatic rings. The summed E-state index contributed by atoms with van der Waals surface area (Å²) in [5.41, 5.74) is 8.19. The molecular weight excluding hydrogens is 252 g/mol. The Balaban J connectivity index is 2.19. The van der Waals surface area contributed by atoms with Crippen molar-refractivity contribution in [1.29, 1.82) is 0 Å². The van der Waals surface area contributed by atoms with E-state index in [0.29, 0.717) is 12.0 Å². The van der Waals surface area contributed by atoms with Crippen molar-refractivity contribution in [3.05, 3.63) is 17.7 Å². The first-order valence-electron chi connectivity index (χ1n) is 7.38. The van der Waals surface area contributed by atoms with Crippen LogP contribution in [0, 0.1) is 12.8 Å². The average Bonchev–Trinajstić information content (AvgIpc) is 2.49. The average molecular weight is 278 g/mol. The third-order valence-corrected chi connectivity index (χ3v) is 4.28. The molecule has 4 heteroatoms. The molecule has 0 saturated heterocycles. The minimum absolute atomic E-state index is 0.463. The second kappa shape index (κ2) is 6.84. The molecule has 2 unspecified atom stereocenters. The predicted molar refractivity (Wildman–Crippen MR) is 82.7 cm³/mol. The van der Waals surface area contributed by atoms with E-state index in [2.05, 4.69) is 12.2 Å². The standard InChI is InChI=1S/C16H26N2O2/c1-11-8-15(19-2)16(20-3)9-14(11)18-13-7-5-4-6-12(13)10-17/h8-9,12-13,18H,4-7,10,17H2,1-3H3.